The van der Waals surface area contributed by atoms with Crippen molar-refractivity contribution in [3.05, 3.63) is 93.7 Å². The third-order valence-electron chi connectivity index (χ3n) is 9.81. The smallest absolute Gasteiger partial charge is 0.296 e. The van der Waals surface area contributed by atoms with E-state index in [1.165, 1.54) is 11.3 Å². The molecule has 0 atom stereocenters. The number of aromatic nitrogens is 1. The van der Waals surface area contributed by atoms with Crippen molar-refractivity contribution in [1.82, 2.24) is 4.98 Å². The lowest BCUT2D eigenvalue weighted by molar-refractivity contribution is 0.103. The molecule has 0 spiro atoms. The van der Waals surface area contributed by atoms with Crippen LogP contribution in [0.25, 0.3) is 10.9 Å². The molecule has 45 heavy (non-hydrogen) atoms. The van der Waals surface area contributed by atoms with Gasteiger partial charge in [-0.2, -0.15) is 13.7 Å². The maximum atomic E-state index is 14.0. The second-order valence-corrected chi connectivity index (χ2v) is 14.7. The molecule has 6 rings (SSSR count). The zero-order valence-electron chi connectivity index (χ0n) is 26.6. The van der Waals surface area contributed by atoms with E-state index in [1.54, 1.807) is 30.3 Å². The quantitative estimate of drug-likeness (QED) is 0.152. The molecule has 1 aromatic heterocycles. The van der Waals surface area contributed by atoms with Gasteiger partial charge in [0, 0.05) is 46.4 Å². The molecule has 4 aromatic rings. The average Bonchev–Trinajstić information content (AvgIpc) is 3.44. The van der Waals surface area contributed by atoms with Crippen LogP contribution in [0, 0.1) is 24.2 Å². The summed E-state index contributed by atoms with van der Waals surface area (Å²) in [6.45, 7) is 10.5. The van der Waals surface area contributed by atoms with Crippen molar-refractivity contribution in [2.24, 2.45) is 5.92 Å². The minimum atomic E-state index is -3.71. The monoisotopic (exact) mass is 623 g/mol. The Morgan fingerprint density at radius 3 is 2.47 bits per heavy atom. The molecule has 8 heteroatoms. The number of ketones is 1. The number of carbonyl (C=O) groups is 1. The minimum absolute atomic E-state index is 0.0471. The van der Waals surface area contributed by atoms with E-state index < -0.39 is 15.5 Å². The first-order valence-corrected chi connectivity index (χ1v) is 17.4. The van der Waals surface area contributed by atoms with E-state index in [0.717, 1.165) is 84.0 Å². The van der Waals surface area contributed by atoms with E-state index in [-0.39, 0.29) is 17.3 Å². The number of nitrogens with zero attached hydrogens (tertiary/aromatic N) is 2. The zero-order chi connectivity index (χ0) is 31.9. The first kappa shape index (κ1) is 31.1. The number of carbonyl (C=O) groups excluding carboxylic acids is 1. The van der Waals surface area contributed by atoms with E-state index in [1.807, 2.05) is 19.1 Å². The summed E-state index contributed by atoms with van der Waals surface area (Å²) in [6.07, 6.45) is 5.72. The van der Waals surface area contributed by atoms with Gasteiger partial charge in [0.2, 0.25) is 0 Å². The summed E-state index contributed by atoms with van der Waals surface area (Å²) in [4.78, 5) is 20.2. The van der Waals surface area contributed by atoms with Gasteiger partial charge in [-0.25, -0.2) is 0 Å². The van der Waals surface area contributed by atoms with Crippen LogP contribution in [0.1, 0.15) is 96.7 Å². The Kier molecular flexibility index (Phi) is 8.36. The summed E-state index contributed by atoms with van der Waals surface area (Å²) in [5, 5.41) is 10.3. The van der Waals surface area contributed by atoms with E-state index in [2.05, 4.69) is 48.9 Å². The summed E-state index contributed by atoms with van der Waals surface area (Å²) in [5.74, 6) is 0.647. The van der Waals surface area contributed by atoms with Gasteiger partial charge < -0.3 is 9.88 Å². The van der Waals surface area contributed by atoms with Crippen LogP contribution in [-0.2, 0) is 26.1 Å². The third-order valence-corrected chi connectivity index (χ3v) is 11.1. The Hall–Kier alpha value is -3.93. The molecule has 1 aliphatic carbocycles. The highest BCUT2D eigenvalue weighted by Gasteiger charge is 2.40. The van der Waals surface area contributed by atoms with E-state index >= 15 is 0 Å². The summed E-state index contributed by atoms with van der Waals surface area (Å²) in [7, 11) is -3.71. The van der Waals surface area contributed by atoms with Gasteiger partial charge in [0.05, 0.1) is 28.7 Å². The van der Waals surface area contributed by atoms with E-state index in [0.29, 0.717) is 17.9 Å². The van der Waals surface area contributed by atoms with Crippen LogP contribution < -0.4 is 4.90 Å². The van der Waals surface area contributed by atoms with Crippen LogP contribution in [-0.4, -0.2) is 38.9 Å². The van der Waals surface area contributed by atoms with Crippen molar-refractivity contribution < 1.29 is 17.4 Å². The van der Waals surface area contributed by atoms with Crippen molar-refractivity contribution in [2.45, 2.75) is 76.5 Å². The van der Waals surface area contributed by atoms with Crippen molar-refractivity contribution in [3.8, 4) is 6.07 Å². The minimum Gasteiger partial charge on any atom is -0.371 e. The molecule has 1 fully saturated rings. The predicted octanol–water partition coefficient (Wildman–Crippen LogP) is 7.57. The number of H-pyrrole nitrogens is 1. The average molecular weight is 624 g/mol. The second-order valence-electron chi connectivity index (χ2n) is 13.1. The third kappa shape index (κ3) is 5.80. The van der Waals surface area contributed by atoms with Gasteiger partial charge in [-0.1, -0.05) is 57.4 Å². The SMILES string of the molecule is CCc1cc2c(cc1N1CCC(CCCCOS(=O)(=O)c3ccc(C)cc3)CC1)C(C)(C)c1[nH]c3cc(C#N)ccc3c1C2=O. The number of nitriles is 1. The fourth-order valence-electron chi connectivity index (χ4n) is 7.10. The summed E-state index contributed by atoms with van der Waals surface area (Å²) in [5.41, 5.74) is 7.87. The van der Waals surface area contributed by atoms with Gasteiger partial charge in [0.1, 0.15) is 0 Å². The lowest BCUT2D eigenvalue weighted by Crippen LogP contribution is -2.36. The van der Waals surface area contributed by atoms with Gasteiger partial charge in [-0.05, 0) is 86.1 Å². The van der Waals surface area contributed by atoms with Crippen LogP contribution in [0.4, 0.5) is 5.69 Å². The number of hydrogen-bond acceptors (Lipinski definition) is 6. The molecule has 3 aromatic carbocycles. The highest BCUT2D eigenvalue weighted by Crippen LogP contribution is 2.46. The summed E-state index contributed by atoms with van der Waals surface area (Å²) >= 11 is 0. The van der Waals surface area contributed by atoms with Crippen LogP contribution in [0.5, 0.6) is 0 Å². The highest BCUT2D eigenvalue weighted by molar-refractivity contribution is 7.86. The Morgan fingerprint density at radius 1 is 1.04 bits per heavy atom. The van der Waals surface area contributed by atoms with Crippen molar-refractivity contribution in [3.63, 3.8) is 0 Å². The number of benzene rings is 3. The summed E-state index contributed by atoms with van der Waals surface area (Å²) in [6, 6.07) is 18.8. The molecule has 2 heterocycles. The van der Waals surface area contributed by atoms with Crippen LogP contribution >= 0.6 is 0 Å². The molecule has 2 aliphatic rings. The molecule has 1 saturated heterocycles. The summed E-state index contributed by atoms with van der Waals surface area (Å²) < 4.78 is 30.2. The van der Waals surface area contributed by atoms with Crippen molar-refractivity contribution in [2.75, 3.05) is 24.6 Å². The highest BCUT2D eigenvalue weighted by atomic mass is 32.2. The van der Waals surface area contributed by atoms with Crippen LogP contribution in [0.2, 0.25) is 0 Å². The molecule has 7 nitrogen and oxygen atoms in total. The lowest BCUT2D eigenvalue weighted by atomic mass is 9.70. The normalized spacial score (nSPS) is 16.4. The molecule has 234 valence electrons. The van der Waals surface area contributed by atoms with Gasteiger partial charge in [-0.15, -0.1) is 0 Å². The van der Waals surface area contributed by atoms with Gasteiger partial charge >= 0.3 is 0 Å². The Labute approximate surface area is 266 Å². The number of fused-ring (bicyclic) bond motifs is 4. The molecule has 0 radical (unpaired) electrons. The van der Waals surface area contributed by atoms with E-state index in [9.17, 15) is 18.5 Å². The van der Waals surface area contributed by atoms with Crippen LogP contribution in [0.3, 0.4) is 0 Å². The zero-order valence-corrected chi connectivity index (χ0v) is 27.4. The second kappa shape index (κ2) is 12.1. The maximum Gasteiger partial charge on any atom is 0.296 e. The Balaban J connectivity index is 1.11. The molecule has 0 amide bonds. The van der Waals surface area contributed by atoms with Gasteiger partial charge in [0.15, 0.2) is 5.78 Å². The molecular formula is C37H41N3O4S. The molecular weight excluding hydrogens is 582 g/mol. The maximum absolute atomic E-state index is 14.0. The van der Waals surface area contributed by atoms with E-state index in [4.69, 9.17) is 4.18 Å². The molecule has 0 unspecified atom stereocenters. The molecule has 0 bridgehead atoms. The van der Waals surface area contributed by atoms with Crippen molar-refractivity contribution in [1.29, 1.82) is 5.26 Å². The molecule has 1 N–H and O–H groups in total. The largest absolute Gasteiger partial charge is 0.371 e. The number of piperidine rings is 1. The standard InChI is InChI=1S/C37H41N3O4S/c1-5-27-21-30-31(37(3,4)36-34(35(30)41)29-14-11-26(23-38)20-32(29)39-36)22-33(27)40-17-15-25(16-18-40)8-6-7-19-44-45(42,43)28-12-9-24(2)10-13-28/h9-14,20-22,25,39H,5-8,15-19H2,1-4H3. The predicted molar refractivity (Wildman–Crippen MR) is 177 cm³/mol. The number of aromatic amines is 1. The fraction of sp³-hybridized carbons (Fsp3) is 0.405. The van der Waals surface area contributed by atoms with Crippen molar-refractivity contribution >= 4 is 32.5 Å². The topological polar surface area (TPSA) is 103 Å². The Bertz CT molecular complexity index is 1910. The first-order chi connectivity index (χ1) is 21.5. The fourth-order valence-corrected chi connectivity index (χ4v) is 8.04. The Morgan fingerprint density at radius 2 is 1.78 bits per heavy atom. The number of nitrogens with one attached hydrogen (secondary N) is 1. The number of unbranched alkanes of at least 4 members (excludes halogenated alkanes) is 1. The molecule has 0 saturated carbocycles. The number of rotatable bonds is 9. The van der Waals surface area contributed by atoms with Crippen LogP contribution in [0.15, 0.2) is 59.5 Å². The van der Waals surface area contributed by atoms with Gasteiger partial charge in [-0.3, -0.25) is 8.98 Å². The van der Waals surface area contributed by atoms with Gasteiger partial charge in [0.25, 0.3) is 10.1 Å². The first-order valence-electron chi connectivity index (χ1n) is 16.0. The number of anilines is 1. The molecule has 1 aliphatic heterocycles. The number of aryl methyl sites for hydroxylation is 2. The lowest BCUT2D eigenvalue weighted by Gasteiger charge is -2.38. The number of hydrogen-bond donors (Lipinski definition) is 1.